The van der Waals surface area contributed by atoms with E-state index in [1.807, 2.05) is 13.0 Å². The first-order valence-corrected chi connectivity index (χ1v) is 10.1. The highest BCUT2D eigenvalue weighted by molar-refractivity contribution is 6.13. The molecule has 3 aromatic carbocycles. The van der Waals surface area contributed by atoms with Gasteiger partial charge in [-0.15, -0.1) is 0 Å². The molecule has 9 nitrogen and oxygen atoms in total. The van der Waals surface area contributed by atoms with Gasteiger partial charge in [-0.25, -0.2) is 14.6 Å². The number of nitrogens with zero attached hydrogens (tertiary/aromatic N) is 2. The molecule has 0 fully saturated rings. The summed E-state index contributed by atoms with van der Waals surface area (Å²) in [5, 5.41) is 11.0. The molecule has 9 heteroatoms. The van der Waals surface area contributed by atoms with Crippen molar-refractivity contribution in [2.75, 3.05) is 7.11 Å². The second-order valence-electron chi connectivity index (χ2n) is 7.31. The highest BCUT2D eigenvalue weighted by Gasteiger charge is 2.25. The van der Waals surface area contributed by atoms with Crippen LogP contribution >= 0.6 is 0 Å². The lowest BCUT2D eigenvalue weighted by atomic mass is 10.1. The molecule has 0 radical (unpaired) electrons. The first kappa shape index (κ1) is 22.4. The summed E-state index contributed by atoms with van der Waals surface area (Å²) >= 11 is 0. The van der Waals surface area contributed by atoms with Crippen LogP contribution in [0.2, 0.25) is 0 Å². The molecule has 0 N–H and O–H groups in total. The van der Waals surface area contributed by atoms with Crippen LogP contribution in [0.4, 0.5) is 5.69 Å². The molecular formula is C25H18N2O7. The Labute approximate surface area is 194 Å². The highest BCUT2D eigenvalue weighted by Crippen LogP contribution is 2.30. The number of ether oxygens (including phenoxy) is 3. The van der Waals surface area contributed by atoms with Crippen molar-refractivity contribution >= 4 is 29.6 Å². The Hall–Kier alpha value is -4.79. The van der Waals surface area contributed by atoms with Gasteiger partial charge in [-0.3, -0.25) is 10.1 Å². The standard InChI is InChI=1S/C25H18N2O7/c1-15-5-3-7-18(11-15)24(28)33-21-10-9-16(13-22(21)32-2)12-20-25(29)34-23(26-20)17-6-4-8-19(14-17)27(30)31/h3-14H,1-2H3/b20-12-. The zero-order chi connectivity index (χ0) is 24.2. The van der Waals surface area contributed by atoms with E-state index >= 15 is 0 Å². The van der Waals surface area contributed by atoms with Crippen molar-refractivity contribution in [2.45, 2.75) is 6.92 Å². The van der Waals surface area contributed by atoms with Crippen LogP contribution in [0.25, 0.3) is 6.08 Å². The van der Waals surface area contributed by atoms with Crippen molar-refractivity contribution < 1.29 is 28.7 Å². The highest BCUT2D eigenvalue weighted by atomic mass is 16.6. The zero-order valence-corrected chi connectivity index (χ0v) is 18.2. The number of carbonyl (C=O) groups is 2. The fourth-order valence-corrected chi connectivity index (χ4v) is 3.23. The molecule has 3 aromatic rings. The van der Waals surface area contributed by atoms with Crippen molar-refractivity contribution in [2.24, 2.45) is 4.99 Å². The first-order chi connectivity index (χ1) is 16.3. The number of methoxy groups -OCH3 is 1. The average Bonchev–Trinajstić information content (AvgIpc) is 3.20. The predicted molar refractivity (Wildman–Crippen MR) is 123 cm³/mol. The van der Waals surface area contributed by atoms with Gasteiger partial charge in [-0.1, -0.05) is 29.8 Å². The summed E-state index contributed by atoms with van der Waals surface area (Å²) in [7, 11) is 1.43. The minimum absolute atomic E-state index is 0.00747. The van der Waals surface area contributed by atoms with Gasteiger partial charge in [0.05, 0.1) is 17.6 Å². The topological polar surface area (TPSA) is 117 Å². The van der Waals surface area contributed by atoms with E-state index in [1.54, 1.807) is 42.5 Å². The number of hydrogen-bond acceptors (Lipinski definition) is 8. The SMILES string of the molecule is COc1cc(/C=C2\N=C(c3cccc([N+](=O)[O-])c3)OC2=O)ccc1OC(=O)c1cccc(C)c1. The van der Waals surface area contributed by atoms with E-state index in [9.17, 15) is 19.7 Å². The van der Waals surface area contributed by atoms with E-state index in [0.29, 0.717) is 16.7 Å². The van der Waals surface area contributed by atoms with Gasteiger partial charge in [-0.05, 0) is 48.9 Å². The molecule has 1 heterocycles. The summed E-state index contributed by atoms with van der Waals surface area (Å²) in [5.74, 6) is -0.764. The van der Waals surface area contributed by atoms with Gasteiger partial charge < -0.3 is 14.2 Å². The van der Waals surface area contributed by atoms with Crippen LogP contribution in [0.15, 0.2) is 77.4 Å². The molecule has 170 valence electrons. The molecule has 1 aliphatic heterocycles. The van der Waals surface area contributed by atoms with Gasteiger partial charge in [0.25, 0.3) is 5.69 Å². The maximum atomic E-state index is 12.5. The van der Waals surface area contributed by atoms with Gasteiger partial charge in [0.15, 0.2) is 17.2 Å². The van der Waals surface area contributed by atoms with Crippen molar-refractivity contribution in [1.29, 1.82) is 0 Å². The monoisotopic (exact) mass is 458 g/mol. The maximum absolute atomic E-state index is 12.5. The second-order valence-corrected chi connectivity index (χ2v) is 7.31. The lowest BCUT2D eigenvalue weighted by Crippen LogP contribution is -2.09. The Morgan fingerprint density at radius 2 is 1.85 bits per heavy atom. The summed E-state index contributed by atoms with van der Waals surface area (Å²) in [6.07, 6.45) is 1.47. The van der Waals surface area contributed by atoms with Crippen molar-refractivity contribution in [3.63, 3.8) is 0 Å². The van der Waals surface area contributed by atoms with Crippen LogP contribution < -0.4 is 9.47 Å². The quantitative estimate of drug-likeness (QED) is 0.176. The third-order valence-electron chi connectivity index (χ3n) is 4.87. The number of hydrogen-bond donors (Lipinski definition) is 0. The van der Waals surface area contributed by atoms with Crippen molar-refractivity contribution in [3.8, 4) is 11.5 Å². The van der Waals surface area contributed by atoms with Gasteiger partial charge in [0.2, 0.25) is 5.90 Å². The molecule has 0 aromatic heterocycles. The van der Waals surface area contributed by atoms with E-state index in [1.165, 1.54) is 31.4 Å². The van der Waals surface area contributed by atoms with Crippen LogP contribution in [0.3, 0.4) is 0 Å². The molecule has 0 spiro atoms. The average molecular weight is 458 g/mol. The lowest BCUT2D eigenvalue weighted by molar-refractivity contribution is -0.384. The second kappa shape index (κ2) is 9.37. The molecule has 34 heavy (non-hydrogen) atoms. The Morgan fingerprint density at radius 1 is 1.06 bits per heavy atom. The number of cyclic esters (lactones) is 1. The number of aryl methyl sites for hydroxylation is 1. The summed E-state index contributed by atoms with van der Waals surface area (Å²) in [6.45, 7) is 1.88. The van der Waals surface area contributed by atoms with E-state index in [4.69, 9.17) is 14.2 Å². The van der Waals surface area contributed by atoms with Crippen molar-refractivity contribution in [1.82, 2.24) is 0 Å². The molecule has 0 aliphatic carbocycles. The molecule has 0 atom stereocenters. The van der Waals surface area contributed by atoms with E-state index in [2.05, 4.69) is 4.99 Å². The smallest absolute Gasteiger partial charge is 0.363 e. The normalized spacial score (nSPS) is 13.9. The minimum Gasteiger partial charge on any atom is -0.493 e. The molecule has 1 aliphatic rings. The third-order valence-corrected chi connectivity index (χ3v) is 4.87. The van der Waals surface area contributed by atoms with Crippen LogP contribution in [-0.4, -0.2) is 29.9 Å². The molecular weight excluding hydrogens is 440 g/mol. The third kappa shape index (κ3) is 4.83. The number of non-ortho nitro benzene ring substituents is 1. The van der Waals surface area contributed by atoms with E-state index in [0.717, 1.165) is 5.56 Å². The number of nitro groups is 1. The Kier molecular flexibility index (Phi) is 6.18. The minimum atomic E-state index is -0.699. The first-order valence-electron chi connectivity index (χ1n) is 10.1. The van der Waals surface area contributed by atoms with Gasteiger partial charge in [-0.2, -0.15) is 0 Å². The summed E-state index contributed by atoms with van der Waals surface area (Å²) in [6, 6.07) is 17.4. The predicted octanol–water partition coefficient (Wildman–Crippen LogP) is 4.48. The van der Waals surface area contributed by atoms with Gasteiger partial charge in [0, 0.05) is 17.7 Å². The van der Waals surface area contributed by atoms with E-state index < -0.39 is 16.9 Å². The summed E-state index contributed by atoms with van der Waals surface area (Å²) < 4.78 is 16.0. The van der Waals surface area contributed by atoms with Crippen molar-refractivity contribution in [3.05, 3.63) is 105 Å². The Morgan fingerprint density at radius 3 is 2.59 bits per heavy atom. The Balaban J connectivity index is 1.58. The fourth-order valence-electron chi connectivity index (χ4n) is 3.23. The lowest BCUT2D eigenvalue weighted by Gasteiger charge is -2.10. The zero-order valence-electron chi connectivity index (χ0n) is 18.2. The number of benzene rings is 3. The molecule has 0 unspecified atom stereocenters. The number of esters is 2. The molecule has 0 bridgehead atoms. The largest absolute Gasteiger partial charge is 0.493 e. The van der Waals surface area contributed by atoms with Crippen LogP contribution in [0.1, 0.15) is 27.0 Å². The van der Waals surface area contributed by atoms with Gasteiger partial charge >= 0.3 is 11.9 Å². The fraction of sp³-hybridized carbons (Fsp3) is 0.0800. The molecule has 4 rings (SSSR count). The number of rotatable bonds is 6. The number of carbonyl (C=O) groups excluding carboxylic acids is 2. The summed E-state index contributed by atoms with van der Waals surface area (Å²) in [5.41, 5.74) is 2.05. The maximum Gasteiger partial charge on any atom is 0.363 e. The number of aliphatic imine (C=N–C) groups is 1. The van der Waals surface area contributed by atoms with Crippen LogP contribution in [0.5, 0.6) is 11.5 Å². The Bertz CT molecular complexity index is 1380. The number of nitro benzene ring substituents is 1. The van der Waals surface area contributed by atoms with E-state index in [-0.39, 0.29) is 28.8 Å². The van der Waals surface area contributed by atoms with Crippen LogP contribution in [0, 0.1) is 17.0 Å². The molecule has 0 amide bonds. The van der Waals surface area contributed by atoms with Crippen LogP contribution in [-0.2, 0) is 9.53 Å². The molecule has 0 saturated heterocycles. The molecule has 0 saturated carbocycles. The summed E-state index contributed by atoms with van der Waals surface area (Å²) in [4.78, 5) is 39.4. The van der Waals surface area contributed by atoms with Gasteiger partial charge in [0.1, 0.15) is 0 Å².